The number of ether oxygens (including phenoxy) is 2. The first-order valence-corrected chi connectivity index (χ1v) is 4.39. The van der Waals surface area contributed by atoms with Crippen molar-refractivity contribution in [1.82, 2.24) is 9.97 Å². The lowest BCUT2D eigenvalue weighted by atomic mass is 10.5. The van der Waals surface area contributed by atoms with Crippen molar-refractivity contribution in [2.45, 2.75) is 0 Å². The molecule has 0 saturated carbocycles. The summed E-state index contributed by atoms with van der Waals surface area (Å²) in [6.07, 6.45) is 4.98. The number of aromatic nitrogens is 2. The maximum atomic E-state index is 5.32. The molecule has 14 heavy (non-hydrogen) atoms. The van der Waals surface area contributed by atoms with Crippen molar-refractivity contribution in [3.63, 3.8) is 0 Å². The molecule has 0 saturated heterocycles. The van der Waals surface area contributed by atoms with Crippen molar-refractivity contribution < 1.29 is 9.47 Å². The summed E-state index contributed by atoms with van der Waals surface area (Å²) >= 11 is 0. The molecule has 0 atom stereocenters. The summed E-state index contributed by atoms with van der Waals surface area (Å²) in [5, 5.41) is 3.02. The molecular weight excluding hydrogens is 182 g/mol. The Morgan fingerprint density at radius 2 is 2.14 bits per heavy atom. The van der Waals surface area contributed by atoms with E-state index in [0.29, 0.717) is 25.7 Å². The third-order valence-corrected chi connectivity index (χ3v) is 1.69. The lowest BCUT2D eigenvalue weighted by Gasteiger charge is -2.15. The van der Waals surface area contributed by atoms with Crippen molar-refractivity contribution in [2.75, 3.05) is 25.1 Å². The summed E-state index contributed by atoms with van der Waals surface area (Å²) in [5.74, 6) is 1.35. The molecule has 1 N–H and O–H groups in total. The van der Waals surface area contributed by atoms with Gasteiger partial charge in [0, 0.05) is 12.4 Å². The first kappa shape index (κ1) is 8.80. The van der Waals surface area contributed by atoms with Gasteiger partial charge in [-0.15, -0.1) is 0 Å². The minimum absolute atomic E-state index is 0.546. The lowest BCUT2D eigenvalue weighted by Crippen LogP contribution is -2.15. The molecule has 1 aliphatic heterocycles. The molecule has 0 amide bonds. The normalized spacial score (nSPS) is 15.0. The van der Waals surface area contributed by atoms with E-state index in [4.69, 9.17) is 9.47 Å². The topological polar surface area (TPSA) is 56.3 Å². The molecule has 1 aromatic heterocycles. The summed E-state index contributed by atoms with van der Waals surface area (Å²) < 4.78 is 10.4. The van der Waals surface area contributed by atoms with Gasteiger partial charge < -0.3 is 14.8 Å². The van der Waals surface area contributed by atoms with Gasteiger partial charge in [-0.3, -0.25) is 0 Å². The van der Waals surface area contributed by atoms with E-state index < -0.39 is 0 Å². The van der Waals surface area contributed by atoms with Gasteiger partial charge >= 0.3 is 0 Å². The van der Waals surface area contributed by atoms with Crippen LogP contribution in [0, 0.1) is 0 Å². The molecule has 74 valence electrons. The molecule has 0 spiro atoms. The Bertz CT molecular complexity index is 313. The highest BCUT2D eigenvalue weighted by molar-refractivity contribution is 5.24. The van der Waals surface area contributed by atoms with E-state index >= 15 is 0 Å². The van der Waals surface area contributed by atoms with Crippen LogP contribution >= 0.6 is 0 Å². The van der Waals surface area contributed by atoms with Crippen LogP contribution in [-0.2, 0) is 9.47 Å². The Hall–Kier alpha value is -1.78. The standard InChI is InChI=1S/C9H11N3O2/c1-2-10-9(11-3-1)12-6-8-7-13-4-5-14-8/h1-3,7H,4-6H2,(H,10,11,12). The molecule has 1 aromatic rings. The van der Waals surface area contributed by atoms with Crippen molar-refractivity contribution in [3.05, 3.63) is 30.5 Å². The molecule has 0 aromatic carbocycles. The van der Waals surface area contributed by atoms with Crippen LogP contribution < -0.4 is 5.32 Å². The van der Waals surface area contributed by atoms with Gasteiger partial charge in [-0.1, -0.05) is 0 Å². The zero-order valence-electron chi connectivity index (χ0n) is 7.64. The van der Waals surface area contributed by atoms with Gasteiger partial charge in [0.2, 0.25) is 5.95 Å². The smallest absolute Gasteiger partial charge is 0.222 e. The number of hydrogen-bond acceptors (Lipinski definition) is 5. The van der Waals surface area contributed by atoms with Crippen molar-refractivity contribution in [3.8, 4) is 0 Å². The van der Waals surface area contributed by atoms with Crippen LogP contribution in [0.1, 0.15) is 0 Å². The predicted molar refractivity (Wildman–Crippen MR) is 50.5 cm³/mol. The molecule has 0 aliphatic carbocycles. The minimum atomic E-state index is 0.546. The zero-order valence-corrected chi connectivity index (χ0v) is 7.64. The van der Waals surface area contributed by atoms with Crippen molar-refractivity contribution in [2.24, 2.45) is 0 Å². The average Bonchev–Trinajstić information content (AvgIpc) is 2.29. The number of anilines is 1. The zero-order chi connectivity index (χ0) is 9.64. The highest BCUT2D eigenvalue weighted by Gasteiger charge is 2.04. The fourth-order valence-electron chi connectivity index (χ4n) is 1.06. The number of rotatable bonds is 3. The monoisotopic (exact) mass is 193 g/mol. The summed E-state index contributed by atoms with van der Waals surface area (Å²) in [5.41, 5.74) is 0. The predicted octanol–water partition coefficient (Wildman–Crippen LogP) is 0.777. The van der Waals surface area contributed by atoms with Crippen LogP contribution in [0.15, 0.2) is 30.5 Å². The van der Waals surface area contributed by atoms with Gasteiger partial charge in [0.25, 0.3) is 0 Å². The van der Waals surface area contributed by atoms with Crippen LogP contribution in [0.4, 0.5) is 5.95 Å². The molecule has 5 heteroatoms. The molecule has 2 heterocycles. The molecule has 0 fully saturated rings. The fraction of sp³-hybridized carbons (Fsp3) is 0.333. The summed E-state index contributed by atoms with van der Waals surface area (Å²) in [6.45, 7) is 1.76. The van der Waals surface area contributed by atoms with Crippen LogP contribution in [-0.4, -0.2) is 29.7 Å². The maximum absolute atomic E-state index is 5.32. The van der Waals surface area contributed by atoms with E-state index in [0.717, 1.165) is 5.76 Å². The second-order valence-corrected chi connectivity index (χ2v) is 2.73. The van der Waals surface area contributed by atoms with E-state index in [1.165, 1.54) is 0 Å². The van der Waals surface area contributed by atoms with Gasteiger partial charge in [-0.05, 0) is 6.07 Å². The molecule has 0 radical (unpaired) electrons. The van der Waals surface area contributed by atoms with Gasteiger partial charge in [0.1, 0.15) is 25.2 Å². The molecule has 0 unspecified atom stereocenters. The van der Waals surface area contributed by atoms with Crippen molar-refractivity contribution in [1.29, 1.82) is 0 Å². The second-order valence-electron chi connectivity index (χ2n) is 2.73. The van der Waals surface area contributed by atoms with Gasteiger partial charge in [0.15, 0.2) is 0 Å². The van der Waals surface area contributed by atoms with Crippen molar-refractivity contribution >= 4 is 5.95 Å². The number of nitrogens with zero attached hydrogens (tertiary/aromatic N) is 2. The molecule has 1 aliphatic rings. The fourth-order valence-corrected chi connectivity index (χ4v) is 1.06. The number of hydrogen-bond donors (Lipinski definition) is 1. The Labute approximate surface area is 81.8 Å². The second kappa shape index (κ2) is 4.45. The lowest BCUT2D eigenvalue weighted by molar-refractivity contribution is 0.0843. The first-order chi connectivity index (χ1) is 6.95. The summed E-state index contributed by atoms with van der Waals surface area (Å²) in [7, 11) is 0. The quantitative estimate of drug-likeness (QED) is 0.768. The van der Waals surface area contributed by atoms with Gasteiger partial charge in [0.05, 0.1) is 6.54 Å². The maximum Gasteiger partial charge on any atom is 0.222 e. The third-order valence-electron chi connectivity index (χ3n) is 1.69. The van der Waals surface area contributed by atoms with Gasteiger partial charge in [-0.25, -0.2) is 9.97 Å². The Balaban J connectivity index is 1.85. The SMILES string of the molecule is C1=C(CNc2ncccn2)OCCO1. The Morgan fingerprint density at radius 3 is 2.86 bits per heavy atom. The molecule has 0 bridgehead atoms. The highest BCUT2D eigenvalue weighted by Crippen LogP contribution is 2.04. The molecule has 5 nitrogen and oxygen atoms in total. The summed E-state index contributed by atoms with van der Waals surface area (Å²) in [4.78, 5) is 8.03. The van der Waals surface area contributed by atoms with E-state index in [9.17, 15) is 0 Å². The van der Waals surface area contributed by atoms with E-state index in [-0.39, 0.29) is 0 Å². The van der Waals surface area contributed by atoms with E-state index in [1.807, 2.05) is 0 Å². The van der Waals surface area contributed by atoms with Crippen LogP contribution in [0.25, 0.3) is 0 Å². The van der Waals surface area contributed by atoms with Crippen LogP contribution in [0.5, 0.6) is 0 Å². The van der Waals surface area contributed by atoms with Gasteiger partial charge in [-0.2, -0.15) is 0 Å². The molecule has 2 rings (SSSR count). The first-order valence-electron chi connectivity index (χ1n) is 4.39. The van der Waals surface area contributed by atoms with E-state index in [2.05, 4.69) is 15.3 Å². The van der Waals surface area contributed by atoms with Crippen LogP contribution in [0.3, 0.4) is 0 Å². The molecular formula is C9H11N3O2. The Kier molecular flexibility index (Phi) is 2.80. The van der Waals surface area contributed by atoms with E-state index in [1.54, 1.807) is 24.7 Å². The third kappa shape index (κ3) is 2.35. The minimum Gasteiger partial charge on any atom is -0.494 e. The largest absolute Gasteiger partial charge is 0.494 e. The average molecular weight is 193 g/mol. The number of nitrogens with one attached hydrogen (secondary N) is 1. The summed E-state index contributed by atoms with van der Waals surface area (Å²) in [6, 6.07) is 1.77. The Morgan fingerprint density at radius 1 is 1.29 bits per heavy atom. The van der Waals surface area contributed by atoms with Crippen LogP contribution in [0.2, 0.25) is 0 Å². The highest BCUT2D eigenvalue weighted by atomic mass is 16.6.